The topological polar surface area (TPSA) is 78.6 Å². The maximum absolute atomic E-state index is 6.12. The number of nitrogens with zero attached hydrogens (tertiary/aromatic N) is 4. The molecule has 0 bridgehead atoms. The van der Waals surface area contributed by atoms with Crippen molar-refractivity contribution in [3.8, 4) is 17.3 Å². The molecular weight excluding hydrogens is 412 g/mol. The van der Waals surface area contributed by atoms with Gasteiger partial charge in [0, 0.05) is 10.6 Å². The molecule has 0 atom stereocenters. The lowest BCUT2D eigenvalue weighted by Crippen LogP contribution is -1.96. The minimum Gasteiger partial charge on any atom is -0.485 e. The van der Waals surface area contributed by atoms with E-state index in [2.05, 4.69) is 15.3 Å². The van der Waals surface area contributed by atoms with Crippen molar-refractivity contribution in [2.24, 2.45) is 5.10 Å². The van der Waals surface area contributed by atoms with Gasteiger partial charge in [-0.15, -0.1) is 10.2 Å². The summed E-state index contributed by atoms with van der Waals surface area (Å²) in [7, 11) is 0. The lowest BCUT2D eigenvalue weighted by molar-refractivity contribution is 0.268. The second kappa shape index (κ2) is 8.59. The highest BCUT2D eigenvalue weighted by molar-refractivity contribution is 7.98. The van der Waals surface area contributed by atoms with Gasteiger partial charge in [0.15, 0.2) is 5.76 Å². The van der Waals surface area contributed by atoms with Crippen LogP contribution in [0.1, 0.15) is 17.1 Å². The van der Waals surface area contributed by atoms with E-state index in [0.717, 1.165) is 11.3 Å². The van der Waals surface area contributed by atoms with Crippen LogP contribution in [0.4, 0.5) is 0 Å². The largest absolute Gasteiger partial charge is 0.485 e. The molecule has 0 spiro atoms. The molecule has 1 aromatic carbocycles. The first-order valence-corrected chi connectivity index (χ1v) is 10.3. The molecule has 0 aliphatic rings. The maximum atomic E-state index is 6.12. The Labute approximate surface area is 176 Å². The van der Waals surface area contributed by atoms with E-state index in [0.29, 0.717) is 33.3 Å². The summed E-state index contributed by atoms with van der Waals surface area (Å²) in [6.45, 7) is 2.20. The lowest BCUT2D eigenvalue weighted by Gasteiger charge is -2.08. The molecule has 7 nitrogen and oxygen atoms in total. The number of halogens is 1. The van der Waals surface area contributed by atoms with E-state index in [1.54, 1.807) is 29.3 Å². The first-order chi connectivity index (χ1) is 14.2. The smallest absolute Gasteiger partial charge is 0.221 e. The second-order valence-electron chi connectivity index (χ2n) is 6.00. The summed E-state index contributed by atoms with van der Waals surface area (Å²) in [4.78, 5) is 0. The number of ether oxygens (including phenoxy) is 1. The predicted molar refractivity (Wildman–Crippen MR) is 112 cm³/mol. The van der Waals surface area contributed by atoms with Crippen LogP contribution in [-0.4, -0.2) is 27.3 Å². The maximum Gasteiger partial charge on any atom is 0.221 e. The Bertz CT molecular complexity index is 1130. The molecule has 0 N–H and O–H groups in total. The van der Waals surface area contributed by atoms with Crippen LogP contribution in [-0.2, 0) is 6.61 Å². The van der Waals surface area contributed by atoms with Gasteiger partial charge in [-0.05, 0) is 49.6 Å². The minimum absolute atomic E-state index is 0.287. The highest BCUT2D eigenvalue weighted by Crippen LogP contribution is 2.26. The molecule has 0 fully saturated rings. The quantitative estimate of drug-likeness (QED) is 0.294. The molecule has 3 heterocycles. The van der Waals surface area contributed by atoms with Gasteiger partial charge in [0.1, 0.15) is 23.9 Å². The van der Waals surface area contributed by atoms with E-state index in [1.165, 1.54) is 11.8 Å². The number of hydrogen-bond donors (Lipinski definition) is 0. The fraction of sp³-hybridized carbons (Fsp3) is 0.150. The second-order valence-corrected chi connectivity index (χ2v) is 7.18. The van der Waals surface area contributed by atoms with Crippen molar-refractivity contribution in [1.82, 2.24) is 14.9 Å². The van der Waals surface area contributed by atoms with Crippen molar-refractivity contribution < 1.29 is 13.6 Å². The Morgan fingerprint density at radius 2 is 2.10 bits per heavy atom. The monoisotopic (exact) mass is 428 g/mol. The fourth-order valence-electron chi connectivity index (χ4n) is 2.61. The molecule has 0 unspecified atom stereocenters. The molecule has 0 radical (unpaired) electrons. The molecule has 9 heteroatoms. The van der Waals surface area contributed by atoms with E-state index in [9.17, 15) is 0 Å². The average Bonchev–Trinajstić information content (AvgIpc) is 3.47. The number of thioether (sulfide) groups is 1. The van der Waals surface area contributed by atoms with Crippen molar-refractivity contribution in [2.45, 2.75) is 18.7 Å². The van der Waals surface area contributed by atoms with Crippen LogP contribution in [0.3, 0.4) is 0 Å². The van der Waals surface area contributed by atoms with Crippen LogP contribution in [0, 0.1) is 6.92 Å². The van der Waals surface area contributed by atoms with E-state index >= 15 is 0 Å². The lowest BCUT2D eigenvalue weighted by atomic mass is 10.2. The summed E-state index contributed by atoms with van der Waals surface area (Å²) in [6.07, 6.45) is 5.09. The van der Waals surface area contributed by atoms with Crippen molar-refractivity contribution in [1.29, 1.82) is 0 Å². The van der Waals surface area contributed by atoms with Crippen LogP contribution < -0.4 is 4.74 Å². The van der Waals surface area contributed by atoms with Crippen LogP contribution in [0.5, 0.6) is 5.75 Å². The Kier molecular flexibility index (Phi) is 5.73. The Morgan fingerprint density at radius 1 is 1.21 bits per heavy atom. The van der Waals surface area contributed by atoms with Gasteiger partial charge in [-0.3, -0.25) is 0 Å². The highest BCUT2D eigenvalue weighted by atomic mass is 35.5. The first-order valence-electron chi connectivity index (χ1n) is 8.70. The van der Waals surface area contributed by atoms with Crippen LogP contribution >= 0.6 is 23.4 Å². The standard InChI is InChI=1S/C20H17ClN4O3S/c1-13-16(21)5-3-6-17(13)27-12-15-9-8-14(28-15)11-22-25-19(18-7-4-10-26-18)23-24-20(25)29-2/h3-11H,12H2,1-2H3. The van der Waals surface area contributed by atoms with E-state index in [4.69, 9.17) is 25.2 Å². The third kappa shape index (κ3) is 4.23. The zero-order chi connectivity index (χ0) is 20.2. The van der Waals surface area contributed by atoms with Crippen molar-refractivity contribution in [2.75, 3.05) is 6.26 Å². The van der Waals surface area contributed by atoms with Gasteiger partial charge >= 0.3 is 0 Å². The van der Waals surface area contributed by atoms with Crippen molar-refractivity contribution in [3.63, 3.8) is 0 Å². The van der Waals surface area contributed by atoms with Crippen molar-refractivity contribution in [3.05, 3.63) is 70.8 Å². The molecule has 29 heavy (non-hydrogen) atoms. The molecule has 0 saturated heterocycles. The third-order valence-electron chi connectivity index (χ3n) is 4.11. The molecule has 4 rings (SSSR count). The summed E-state index contributed by atoms with van der Waals surface area (Å²) >= 11 is 7.56. The summed E-state index contributed by atoms with van der Waals surface area (Å²) in [5, 5.41) is 14.0. The summed E-state index contributed by atoms with van der Waals surface area (Å²) < 4.78 is 18.6. The van der Waals surface area contributed by atoms with E-state index in [1.807, 2.05) is 43.5 Å². The third-order valence-corrected chi connectivity index (χ3v) is 5.14. The molecule has 148 valence electrons. The van der Waals surface area contributed by atoms with Gasteiger partial charge in [0.2, 0.25) is 11.0 Å². The number of rotatable bonds is 7. The number of furan rings is 2. The van der Waals surface area contributed by atoms with Gasteiger partial charge in [-0.2, -0.15) is 9.78 Å². The molecule has 0 aliphatic heterocycles. The SMILES string of the molecule is CSc1nnc(-c2ccco2)n1N=Cc1ccc(COc2cccc(Cl)c2C)o1. The summed E-state index contributed by atoms with van der Waals surface area (Å²) in [5.41, 5.74) is 0.894. The Morgan fingerprint density at radius 3 is 2.90 bits per heavy atom. The van der Waals surface area contributed by atoms with Crippen LogP contribution in [0.25, 0.3) is 11.6 Å². The van der Waals surface area contributed by atoms with Crippen LogP contribution in [0.15, 0.2) is 67.8 Å². The molecule has 3 aromatic heterocycles. The predicted octanol–water partition coefficient (Wildman–Crippen LogP) is 5.28. The summed E-state index contributed by atoms with van der Waals surface area (Å²) in [6, 6.07) is 12.8. The van der Waals surface area contributed by atoms with Gasteiger partial charge in [-0.1, -0.05) is 29.4 Å². The number of hydrogen-bond acceptors (Lipinski definition) is 7. The zero-order valence-corrected chi connectivity index (χ0v) is 17.3. The van der Waals surface area contributed by atoms with Gasteiger partial charge < -0.3 is 13.6 Å². The number of benzene rings is 1. The molecule has 0 saturated carbocycles. The van der Waals surface area contributed by atoms with Gasteiger partial charge in [0.25, 0.3) is 0 Å². The average molecular weight is 429 g/mol. The van der Waals surface area contributed by atoms with Crippen molar-refractivity contribution >= 4 is 29.6 Å². The molecule has 4 aromatic rings. The van der Waals surface area contributed by atoms with E-state index < -0.39 is 0 Å². The fourth-order valence-corrected chi connectivity index (χ4v) is 3.20. The first kappa shape index (κ1) is 19.4. The van der Waals surface area contributed by atoms with E-state index in [-0.39, 0.29) is 6.61 Å². The Hall–Kier alpha value is -2.97. The number of aromatic nitrogens is 3. The van der Waals surface area contributed by atoms with Gasteiger partial charge in [-0.25, -0.2) is 0 Å². The van der Waals surface area contributed by atoms with Gasteiger partial charge in [0.05, 0.1) is 12.5 Å². The zero-order valence-electron chi connectivity index (χ0n) is 15.7. The molecular formula is C20H17ClN4O3S. The molecule has 0 amide bonds. The minimum atomic E-state index is 0.287. The highest BCUT2D eigenvalue weighted by Gasteiger charge is 2.15. The van der Waals surface area contributed by atoms with Crippen LogP contribution in [0.2, 0.25) is 5.02 Å². The Balaban J connectivity index is 1.49. The molecule has 0 aliphatic carbocycles. The summed E-state index contributed by atoms with van der Waals surface area (Å²) in [5.74, 6) is 3.08. The normalized spacial score (nSPS) is 11.4.